The van der Waals surface area contributed by atoms with Crippen molar-refractivity contribution < 1.29 is 4.79 Å². The third-order valence-electron chi connectivity index (χ3n) is 2.45. The fourth-order valence-electron chi connectivity index (χ4n) is 1.51. The number of rotatable bonds is 4. The van der Waals surface area contributed by atoms with Gasteiger partial charge in [-0.1, -0.05) is 0 Å². The molecule has 96 valence electrons. The Bertz CT molecular complexity index is 547. The number of aryl methyl sites for hydroxylation is 2. The summed E-state index contributed by atoms with van der Waals surface area (Å²) < 4.78 is 1.62. The molecule has 0 spiro atoms. The summed E-state index contributed by atoms with van der Waals surface area (Å²) in [6.45, 7) is 2.33. The molecule has 1 unspecified atom stereocenters. The van der Waals surface area contributed by atoms with Crippen LogP contribution < -0.4 is 11.1 Å². The maximum Gasteiger partial charge on any atom is 0.241 e. The molecule has 0 aromatic carbocycles. The van der Waals surface area contributed by atoms with Gasteiger partial charge in [0.2, 0.25) is 5.91 Å². The maximum absolute atomic E-state index is 11.8. The van der Waals surface area contributed by atoms with E-state index >= 15 is 0 Å². The standard InChI is InChI=1S/C11H15N5OS/c1-7-6-18-9(15-7)4-13-11(17)10(12)8-3-14-16(2)5-8/h3,5-6,10H,4,12H2,1-2H3,(H,13,17). The quantitative estimate of drug-likeness (QED) is 0.843. The summed E-state index contributed by atoms with van der Waals surface area (Å²) in [5.74, 6) is -0.226. The maximum atomic E-state index is 11.8. The van der Waals surface area contributed by atoms with Crippen molar-refractivity contribution in [2.24, 2.45) is 12.8 Å². The lowest BCUT2D eigenvalue weighted by Crippen LogP contribution is -2.33. The normalized spacial score (nSPS) is 12.4. The highest BCUT2D eigenvalue weighted by atomic mass is 32.1. The molecule has 3 N–H and O–H groups in total. The zero-order valence-corrected chi connectivity index (χ0v) is 11.1. The summed E-state index contributed by atoms with van der Waals surface area (Å²) in [7, 11) is 1.78. The van der Waals surface area contributed by atoms with Gasteiger partial charge in [0.05, 0.1) is 12.7 Å². The van der Waals surface area contributed by atoms with Crippen molar-refractivity contribution in [1.29, 1.82) is 0 Å². The van der Waals surface area contributed by atoms with E-state index in [1.54, 1.807) is 24.1 Å². The molecule has 2 rings (SSSR count). The van der Waals surface area contributed by atoms with Gasteiger partial charge in [-0.3, -0.25) is 9.48 Å². The topological polar surface area (TPSA) is 85.8 Å². The Morgan fingerprint density at radius 1 is 1.67 bits per heavy atom. The summed E-state index contributed by atoms with van der Waals surface area (Å²) in [6, 6.07) is -0.695. The van der Waals surface area contributed by atoms with Crippen molar-refractivity contribution in [2.45, 2.75) is 19.5 Å². The molecule has 1 amide bonds. The molecule has 6 nitrogen and oxygen atoms in total. The molecule has 0 fully saturated rings. The monoisotopic (exact) mass is 265 g/mol. The van der Waals surface area contributed by atoms with Crippen molar-refractivity contribution in [3.63, 3.8) is 0 Å². The van der Waals surface area contributed by atoms with Gasteiger partial charge in [-0.05, 0) is 6.92 Å². The first-order chi connectivity index (χ1) is 8.56. The van der Waals surface area contributed by atoms with Crippen molar-refractivity contribution in [3.05, 3.63) is 34.0 Å². The lowest BCUT2D eigenvalue weighted by molar-refractivity contribution is -0.122. The van der Waals surface area contributed by atoms with E-state index in [1.165, 1.54) is 11.3 Å². The molecular weight excluding hydrogens is 250 g/mol. The van der Waals surface area contributed by atoms with Crippen LogP contribution in [0, 0.1) is 6.92 Å². The second kappa shape index (κ2) is 5.28. The van der Waals surface area contributed by atoms with Gasteiger partial charge in [0.15, 0.2) is 0 Å². The highest BCUT2D eigenvalue weighted by molar-refractivity contribution is 7.09. The van der Waals surface area contributed by atoms with Gasteiger partial charge < -0.3 is 11.1 Å². The Balaban J connectivity index is 1.92. The first kappa shape index (κ1) is 12.7. The van der Waals surface area contributed by atoms with Crippen LogP contribution in [-0.4, -0.2) is 20.7 Å². The zero-order valence-electron chi connectivity index (χ0n) is 10.3. The molecule has 7 heteroatoms. The third-order valence-corrected chi connectivity index (χ3v) is 3.41. The highest BCUT2D eigenvalue weighted by Crippen LogP contribution is 2.10. The predicted octanol–water partition coefficient (Wildman–Crippen LogP) is 0.501. The minimum atomic E-state index is -0.695. The number of nitrogens with one attached hydrogen (secondary N) is 1. The number of nitrogens with zero attached hydrogens (tertiary/aromatic N) is 3. The van der Waals surface area contributed by atoms with Gasteiger partial charge in [0.1, 0.15) is 11.0 Å². The van der Waals surface area contributed by atoms with E-state index < -0.39 is 6.04 Å². The minimum absolute atomic E-state index is 0.226. The highest BCUT2D eigenvalue weighted by Gasteiger charge is 2.17. The van der Waals surface area contributed by atoms with Crippen LogP contribution in [0.15, 0.2) is 17.8 Å². The zero-order chi connectivity index (χ0) is 13.1. The second-order valence-electron chi connectivity index (χ2n) is 4.03. The fraction of sp³-hybridized carbons (Fsp3) is 0.364. The van der Waals surface area contributed by atoms with E-state index in [2.05, 4.69) is 15.4 Å². The van der Waals surface area contributed by atoms with Crippen LogP contribution in [0.3, 0.4) is 0 Å². The number of amides is 1. The molecular formula is C11H15N5OS. The average Bonchev–Trinajstić information content (AvgIpc) is 2.94. The first-order valence-electron chi connectivity index (χ1n) is 5.49. The molecule has 18 heavy (non-hydrogen) atoms. The smallest absolute Gasteiger partial charge is 0.241 e. The van der Waals surface area contributed by atoms with Gasteiger partial charge in [-0.2, -0.15) is 5.10 Å². The van der Waals surface area contributed by atoms with E-state index in [9.17, 15) is 4.79 Å². The number of thiazole rings is 1. The van der Waals surface area contributed by atoms with Gasteiger partial charge in [0, 0.05) is 29.9 Å². The summed E-state index contributed by atoms with van der Waals surface area (Å²) in [4.78, 5) is 16.1. The van der Waals surface area contributed by atoms with Crippen LogP contribution >= 0.6 is 11.3 Å². The van der Waals surface area contributed by atoms with Crippen LogP contribution in [-0.2, 0) is 18.4 Å². The lowest BCUT2D eigenvalue weighted by Gasteiger charge is -2.09. The van der Waals surface area contributed by atoms with Crippen LogP contribution in [0.25, 0.3) is 0 Å². The van der Waals surface area contributed by atoms with Crippen molar-refractivity contribution in [2.75, 3.05) is 0 Å². The van der Waals surface area contributed by atoms with E-state index in [1.807, 2.05) is 12.3 Å². The van der Waals surface area contributed by atoms with Crippen LogP contribution in [0.1, 0.15) is 22.3 Å². The van der Waals surface area contributed by atoms with Gasteiger partial charge in [0.25, 0.3) is 0 Å². The second-order valence-corrected chi connectivity index (χ2v) is 4.97. The molecule has 2 heterocycles. The van der Waals surface area contributed by atoms with E-state index in [-0.39, 0.29) is 5.91 Å². The number of aromatic nitrogens is 3. The van der Waals surface area contributed by atoms with Crippen LogP contribution in [0.2, 0.25) is 0 Å². The van der Waals surface area contributed by atoms with Crippen molar-refractivity contribution in [3.8, 4) is 0 Å². The molecule has 0 aliphatic carbocycles. The Hall–Kier alpha value is -1.73. The molecule has 0 radical (unpaired) electrons. The summed E-state index contributed by atoms with van der Waals surface area (Å²) in [5, 5.41) is 9.58. The number of nitrogens with two attached hydrogens (primary N) is 1. The molecule has 0 saturated heterocycles. The number of carbonyl (C=O) groups is 1. The summed E-state index contributed by atoms with van der Waals surface area (Å²) >= 11 is 1.52. The largest absolute Gasteiger partial charge is 0.348 e. The van der Waals surface area contributed by atoms with E-state index in [4.69, 9.17) is 5.73 Å². The number of carbonyl (C=O) groups excluding carboxylic acids is 1. The molecule has 2 aromatic rings. The molecule has 2 aromatic heterocycles. The van der Waals surface area contributed by atoms with Gasteiger partial charge in [-0.15, -0.1) is 11.3 Å². The molecule has 0 saturated carbocycles. The van der Waals surface area contributed by atoms with Crippen LogP contribution in [0.5, 0.6) is 0 Å². The minimum Gasteiger partial charge on any atom is -0.348 e. The Morgan fingerprint density at radius 3 is 3.00 bits per heavy atom. The Kier molecular flexibility index (Phi) is 3.73. The average molecular weight is 265 g/mol. The summed E-state index contributed by atoms with van der Waals surface area (Å²) in [6.07, 6.45) is 3.33. The van der Waals surface area contributed by atoms with Gasteiger partial charge in [-0.25, -0.2) is 4.98 Å². The van der Waals surface area contributed by atoms with Gasteiger partial charge >= 0.3 is 0 Å². The third kappa shape index (κ3) is 2.93. The molecule has 0 bridgehead atoms. The van der Waals surface area contributed by atoms with Crippen molar-refractivity contribution >= 4 is 17.2 Å². The molecule has 0 aliphatic rings. The Morgan fingerprint density at radius 2 is 2.44 bits per heavy atom. The summed E-state index contributed by atoms with van der Waals surface area (Å²) in [5.41, 5.74) is 7.50. The molecule has 1 atom stereocenters. The predicted molar refractivity (Wildman–Crippen MR) is 68.8 cm³/mol. The SMILES string of the molecule is Cc1csc(CNC(=O)C(N)c2cnn(C)c2)n1. The first-order valence-corrected chi connectivity index (χ1v) is 6.37. The lowest BCUT2D eigenvalue weighted by atomic mass is 10.1. The fourth-order valence-corrected chi connectivity index (χ4v) is 2.22. The Labute approximate surface area is 109 Å². The van der Waals surface area contributed by atoms with Crippen molar-refractivity contribution in [1.82, 2.24) is 20.1 Å². The number of hydrogen-bond acceptors (Lipinski definition) is 5. The number of hydrogen-bond donors (Lipinski definition) is 2. The van der Waals surface area contributed by atoms with Crippen LogP contribution in [0.4, 0.5) is 0 Å². The van der Waals surface area contributed by atoms with E-state index in [0.29, 0.717) is 12.1 Å². The molecule has 0 aliphatic heterocycles. The van der Waals surface area contributed by atoms with E-state index in [0.717, 1.165) is 10.7 Å².